The van der Waals surface area contributed by atoms with E-state index in [1.165, 1.54) is 0 Å². The molecule has 0 atom stereocenters. The molecule has 0 saturated heterocycles. The monoisotopic (exact) mass is 337 g/mol. The van der Waals surface area contributed by atoms with Crippen LogP contribution in [0.1, 0.15) is 20.3 Å². The summed E-state index contributed by atoms with van der Waals surface area (Å²) < 4.78 is 0.912. The molecule has 4 N–H and O–H groups in total. The molecular weight excluding hydrogens is 318 g/mol. The average molecular weight is 338 g/mol. The third-order valence-corrected chi connectivity index (χ3v) is 3.83. The molecule has 0 aliphatic rings. The number of benzene rings is 1. The quantitative estimate of drug-likeness (QED) is 0.731. The summed E-state index contributed by atoms with van der Waals surface area (Å²) in [4.78, 5) is 4.45. The Labute approximate surface area is 127 Å². The smallest absolute Gasteiger partial charge is 0.0954 e. The fraction of sp³-hybridized carbons (Fsp3) is 0.400. The molecule has 2 aromatic rings. The van der Waals surface area contributed by atoms with Crippen LogP contribution in [0, 0.1) is 5.41 Å². The highest BCUT2D eigenvalue weighted by Crippen LogP contribution is 2.30. The van der Waals surface area contributed by atoms with Crippen molar-refractivity contribution in [2.45, 2.75) is 20.3 Å². The number of nitrogen functional groups attached to an aromatic ring is 1. The second-order valence-electron chi connectivity index (χ2n) is 5.74. The Hall–Kier alpha value is -1.33. The van der Waals surface area contributed by atoms with Crippen LogP contribution in [0.4, 0.5) is 11.4 Å². The van der Waals surface area contributed by atoms with E-state index >= 15 is 0 Å². The Morgan fingerprint density at radius 1 is 1.40 bits per heavy atom. The molecule has 0 unspecified atom stereocenters. The number of fused-ring (bicyclic) bond motifs is 1. The largest absolute Gasteiger partial charge is 0.398 e. The first-order valence-electron chi connectivity index (χ1n) is 6.61. The highest BCUT2D eigenvalue weighted by atomic mass is 79.9. The summed E-state index contributed by atoms with van der Waals surface area (Å²) in [6.45, 7) is 5.21. The summed E-state index contributed by atoms with van der Waals surface area (Å²) in [5, 5.41) is 13.4. The second kappa shape index (κ2) is 5.97. The molecule has 4 nitrogen and oxygen atoms in total. The molecule has 0 aliphatic heterocycles. The lowest BCUT2D eigenvalue weighted by Crippen LogP contribution is -2.24. The Morgan fingerprint density at radius 2 is 2.15 bits per heavy atom. The van der Waals surface area contributed by atoms with Crippen LogP contribution in [0.25, 0.3) is 10.9 Å². The highest BCUT2D eigenvalue weighted by Gasteiger charge is 2.17. The number of hydrogen-bond donors (Lipinski definition) is 3. The average Bonchev–Trinajstić information content (AvgIpc) is 2.38. The maximum absolute atomic E-state index is 9.08. The number of anilines is 2. The van der Waals surface area contributed by atoms with Crippen molar-refractivity contribution in [3.05, 3.63) is 28.9 Å². The first-order valence-corrected chi connectivity index (χ1v) is 7.41. The van der Waals surface area contributed by atoms with Gasteiger partial charge in [0.05, 0.1) is 11.2 Å². The summed E-state index contributed by atoms with van der Waals surface area (Å²) in [7, 11) is 0. The van der Waals surface area contributed by atoms with Gasteiger partial charge in [0, 0.05) is 34.9 Å². The molecule has 0 saturated carbocycles. The maximum atomic E-state index is 9.08. The van der Waals surface area contributed by atoms with Crippen LogP contribution in [0.2, 0.25) is 0 Å². The number of hydrogen-bond acceptors (Lipinski definition) is 4. The van der Waals surface area contributed by atoms with Gasteiger partial charge in [-0.15, -0.1) is 0 Å². The number of nitrogens with zero attached hydrogens (tertiary/aromatic N) is 1. The topological polar surface area (TPSA) is 71.2 Å². The molecule has 108 valence electrons. The van der Waals surface area contributed by atoms with Crippen molar-refractivity contribution in [1.29, 1.82) is 0 Å². The fourth-order valence-corrected chi connectivity index (χ4v) is 2.42. The normalized spacial score (nSPS) is 11.8. The summed E-state index contributed by atoms with van der Waals surface area (Å²) in [5.41, 5.74) is 8.58. The van der Waals surface area contributed by atoms with E-state index in [1.807, 2.05) is 18.2 Å². The summed E-state index contributed by atoms with van der Waals surface area (Å²) in [6.07, 6.45) is 2.53. The van der Waals surface area contributed by atoms with Gasteiger partial charge in [-0.3, -0.25) is 4.98 Å². The van der Waals surface area contributed by atoms with Gasteiger partial charge in [0.15, 0.2) is 0 Å². The van der Waals surface area contributed by atoms with Gasteiger partial charge in [-0.25, -0.2) is 0 Å². The van der Waals surface area contributed by atoms with Crippen LogP contribution in [0.15, 0.2) is 28.9 Å². The minimum atomic E-state index is 0.0256. The van der Waals surface area contributed by atoms with E-state index in [9.17, 15) is 0 Å². The maximum Gasteiger partial charge on any atom is 0.0954 e. The van der Waals surface area contributed by atoms with Crippen LogP contribution in [-0.2, 0) is 0 Å². The molecule has 1 aromatic carbocycles. The van der Waals surface area contributed by atoms with Crippen LogP contribution in [0.3, 0.4) is 0 Å². The van der Waals surface area contributed by atoms with Crippen LogP contribution in [0.5, 0.6) is 0 Å². The third-order valence-electron chi connectivity index (χ3n) is 3.40. The second-order valence-corrected chi connectivity index (χ2v) is 6.66. The molecule has 0 fully saturated rings. The fourth-order valence-electron chi connectivity index (χ4n) is 2.08. The minimum absolute atomic E-state index is 0.0256. The third kappa shape index (κ3) is 3.41. The molecule has 1 heterocycles. The molecule has 2 rings (SSSR count). The molecular formula is C15H20BrN3O. The van der Waals surface area contributed by atoms with Gasteiger partial charge < -0.3 is 16.2 Å². The van der Waals surface area contributed by atoms with Gasteiger partial charge in [0.25, 0.3) is 0 Å². The van der Waals surface area contributed by atoms with Crippen molar-refractivity contribution in [2.24, 2.45) is 5.41 Å². The van der Waals surface area contributed by atoms with Gasteiger partial charge in [-0.2, -0.15) is 0 Å². The van der Waals surface area contributed by atoms with Gasteiger partial charge >= 0.3 is 0 Å². The Morgan fingerprint density at radius 3 is 2.85 bits per heavy atom. The first kappa shape index (κ1) is 15.1. The van der Waals surface area contributed by atoms with E-state index in [0.29, 0.717) is 5.69 Å². The van der Waals surface area contributed by atoms with Gasteiger partial charge in [-0.1, -0.05) is 13.8 Å². The number of nitrogens with two attached hydrogens (primary N) is 1. The number of aliphatic hydroxyl groups is 1. The van der Waals surface area contributed by atoms with Crippen molar-refractivity contribution in [3.63, 3.8) is 0 Å². The minimum Gasteiger partial charge on any atom is -0.398 e. The number of halogens is 1. The van der Waals surface area contributed by atoms with E-state index in [1.54, 1.807) is 6.20 Å². The van der Waals surface area contributed by atoms with E-state index in [-0.39, 0.29) is 12.0 Å². The Balaban J connectivity index is 2.29. The van der Waals surface area contributed by atoms with Gasteiger partial charge in [-0.05, 0) is 46.0 Å². The molecule has 5 heteroatoms. The van der Waals surface area contributed by atoms with E-state index in [0.717, 1.165) is 34.0 Å². The van der Waals surface area contributed by atoms with E-state index < -0.39 is 0 Å². The number of nitrogens with one attached hydrogen (secondary N) is 1. The Bertz CT molecular complexity index is 613. The lowest BCUT2D eigenvalue weighted by molar-refractivity contribution is 0.220. The van der Waals surface area contributed by atoms with Crippen LogP contribution in [-0.4, -0.2) is 23.2 Å². The van der Waals surface area contributed by atoms with Crippen molar-refractivity contribution in [1.82, 2.24) is 4.98 Å². The number of aliphatic hydroxyl groups excluding tert-OH is 1. The lowest BCUT2D eigenvalue weighted by atomic mass is 9.89. The lowest BCUT2D eigenvalue weighted by Gasteiger charge is -2.25. The molecule has 0 bridgehead atoms. The summed E-state index contributed by atoms with van der Waals surface area (Å²) in [6, 6.07) is 5.81. The van der Waals surface area contributed by atoms with Gasteiger partial charge in [0.2, 0.25) is 0 Å². The zero-order valence-corrected chi connectivity index (χ0v) is 13.4. The molecule has 20 heavy (non-hydrogen) atoms. The Kier molecular flexibility index (Phi) is 4.50. The summed E-state index contributed by atoms with van der Waals surface area (Å²) in [5.74, 6) is 0. The number of rotatable bonds is 5. The number of aromatic nitrogens is 1. The molecule has 0 aliphatic carbocycles. The van der Waals surface area contributed by atoms with Crippen LogP contribution >= 0.6 is 15.9 Å². The first-order chi connectivity index (χ1) is 9.43. The van der Waals surface area contributed by atoms with Gasteiger partial charge in [0.1, 0.15) is 0 Å². The van der Waals surface area contributed by atoms with Crippen LogP contribution < -0.4 is 11.1 Å². The zero-order valence-electron chi connectivity index (χ0n) is 11.8. The van der Waals surface area contributed by atoms with Crippen molar-refractivity contribution in [3.8, 4) is 0 Å². The number of pyridine rings is 1. The molecule has 1 aromatic heterocycles. The van der Waals surface area contributed by atoms with Crippen molar-refractivity contribution >= 4 is 38.2 Å². The molecule has 0 radical (unpaired) electrons. The summed E-state index contributed by atoms with van der Waals surface area (Å²) >= 11 is 3.42. The standard InChI is InChI=1S/C15H20BrN3O/c1-15(2,5-6-20)9-19-13-4-3-12(17)11-7-10(16)8-18-14(11)13/h3-4,7-8,19-20H,5-6,9,17H2,1-2H3. The predicted molar refractivity (Wildman–Crippen MR) is 87.8 cm³/mol. The molecule has 0 spiro atoms. The predicted octanol–water partition coefficient (Wildman–Crippen LogP) is 3.40. The SMILES string of the molecule is CC(C)(CCO)CNc1ccc(N)c2cc(Br)cnc12. The van der Waals surface area contributed by atoms with Crippen molar-refractivity contribution < 1.29 is 5.11 Å². The van der Waals surface area contributed by atoms with E-state index in [4.69, 9.17) is 10.8 Å². The molecule has 0 amide bonds. The highest BCUT2D eigenvalue weighted by molar-refractivity contribution is 9.10. The van der Waals surface area contributed by atoms with Crippen molar-refractivity contribution in [2.75, 3.05) is 24.2 Å². The van der Waals surface area contributed by atoms with E-state index in [2.05, 4.69) is 40.1 Å². The zero-order chi connectivity index (χ0) is 14.8.